The Balaban J connectivity index is 1.26. The molecule has 1 saturated heterocycles. The largest absolute Gasteiger partial charge is 0.354 e. The minimum absolute atomic E-state index is 0.120. The van der Waals surface area contributed by atoms with E-state index in [4.69, 9.17) is 0 Å². The second-order valence-electron chi connectivity index (χ2n) is 8.26. The first kappa shape index (κ1) is 17.9. The molecule has 8 heteroatoms. The molecular formula is C21H24N6O2. The molecule has 0 atom stereocenters. The fourth-order valence-corrected chi connectivity index (χ4v) is 4.59. The van der Waals surface area contributed by atoms with Gasteiger partial charge in [0.25, 0.3) is 5.56 Å². The Morgan fingerprint density at radius 2 is 1.93 bits per heavy atom. The van der Waals surface area contributed by atoms with Gasteiger partial charge in [0.1, 0.15) is 18.0 Å². The lowest BCUT2D eigenvalue weighted by molar-refractivity contribution is -0.117. The van der Waals surface area contributed by atoms with Crippen LogP contribution in [0.15, 0.2) is 47.7 Å². The number of anilines is 2. The third kappa shape index (κ3) is 3.50. The van der Waals surface area contributed by atoms with Crippen molar-refractivity contribution in [1.29, 1.82) is 0 Å². The number of rotatable bonds is 4. The highest BCUT2D eigenvalue weighted by Crippen LogP contribution is 2.44. The van der Waals surface area contributed by atoms with Crippen LogP contribution in [0.5, 0.6) is 0 Å². The SMILES string of the molecule is O=C(Cn1nc(N2CC3(CCCCC3)C2)ccc1=O)Nc1ccn2ccnc2c1. The number of carbonyl (C=O) groups excluding carboxylic acids is 1. The van der Waals surface area contributed by atoms with E-state index >= 15 is 0 Å². The molecule has 0 aromatic carbocycles. The zero-order valence-electron chi connectivity index (χ0n) is 16.3. The lowest BCUT2D eigenvalue weighted by Crippen LogP contribution is -2.57. The number of amides is 1. The number of carbonyl (C=O) groups is 1. The Morgan fingerprint density at radius 1 is 1.10 bits per heavy atom. The van der Waals surface area contributed by atoms with Crippen LogP contribution >= 0.6 is 0 Å². The van der Waals surface area contributed by atoms with E-state index in [1.54, 1.807) is 24.4 Å². The van der Waals surface area contributed by atoms with Crippen molar-refractivity contribution in [2.45, 2.75) is 38.6 Å². The highest BCUT2D eigenvalue weighted by atomic mass is 16.2. The first-order valence-corrected chi connectivity index (χ1v) is 10.2. The molecule has 150 valence electrons. The average molecular weight is 392 g/mol. The van der Waals surface area contributed by atoms with Gasteiger partial charge in [-0.3, -0.25) is 9.59 Å². The lowest BCUT2D eigenvalue weighted by atomic mass is 9.69. The summed E-state index contributed by atoms with van der Waals surface area (Å²) in [6, 6.07) is 6.84. The molecule has 1 aliphatic carbocycles. The molecule has 5 rings (SSSR count). The van der Waals surface area contributed by atoms with Gasteiger partial charge in [-0.15, -0.1) is 0 Å². The van der Waals surface area contributed by atoms with Crippen molar-refractivity contribution in [3.63, 3.8) is 0 Å². The summed E-state index contributed by atoms with van der Waals surface area (Å²) in [5.41, 5.74) is 1.54. The topological polar surface area (TPSA) is 84.5 Å². The second-order valence-corrected chi connectivity index (χ2v) is 8.26. The normalized spacial score (nSPS) is 18.0. The van der Waals surface area contributed by atoms with E-state index in [2.05, 4.69) is 20.3 Å². The summed E-state index contributed by atoms with van der Waals surface area (Å²) in [7, 11) is 0. The average Bonchev–Trinajstić information content (AvgIpc) is 3.16. The van der Waals surface area contributed by atoms with Gasteiger partial charge < -0.3 is 14.6 Å². The summed E-state index contributed by atoms with van der Waals surface area (Å²) in [6.07, 6.45) is 11.9. The predicted octanol–water partition coefficient (Wildman–Crippen LogP) is 2.30. The van der Waals surface area contributed by atoms with E-state index in [1.165, 1.54) is 42.9 Å². The Hall–Kier alpha value is -3.16. The maximum Gasteiger partial charge on any atom is 0.267 e. The van der Waals surface area contributed by atoms with E-state index in [0.29, 0.717) is 11.1 Å². The van der Waals surface area contributed by atoms with Crippen molar-refractivity contribution in [3.05, 3.63) is 53.2 Å². The Morgan fingerprint density at radius 3 is 2.76 bits per heavy atom. The molecule has 2 aliphatic rings. The molecule has 1 aliphatic heterocycles. The Bertz CT molecular complexity index is 1100. The molecule has 1 N–H and O–H groups in total. The molecule has 1 amide bonds. The van der Waals surface area contributed by atoms with E-state index in [9.17, 15) is 9.59 Å². The van der Waals surface area contributed by atoms with Crippen LogP contribution in [0.4, 0.5) is 11.5 Å². The molecule has 0 unspecified atom stereocenters. The minimum atomic E-state index is -0.292. The van der Waals surface area contributed by atoms with Crippen molar-refractivity contribution < 1.29 is 4.79 Å². The molecule has 3 aromatic rings. The summed E-state index contributed by atoms with van der Waals surface area (Å²) in [5.74, 6) is 0.479. The standard InChI is InChI=1S/C21H24N6O2/c28-19(23-16-6-10-25-11-9-22-18(25)12-16)13-27-20(29)5-4-17(24-27)26-14-21(15-26)7-2-1-3-8-21/h4-6,9-12H,1-3,7-8,13-15H2,(H,23,28). The van der Waals surface area contributed by atoms with Crippen LogP contribution in [0.3, 0.4) is 0 Å². The molecule has 2 fully saturated rings. The first-order chi connectivity index (χ1) is 14.1. The van der Waals surface area contributed by atoms with Gasteiger partial charge >= 0.3 is 0 Å². The van der Waals surface area contributed by atoms with Crippen LogP contribution in [0, 0.1) is 5.41 Å². The Kier molecular flexibility index (Phi) is 4.34. The van der Waals surface area contributed by atoms with Gasteiger partial charge in [-0.2, -0.15) is 5.10 Å². The quantitative estimate of drug-likeness (QED) is 0.737. The van der Waals surface area contributed by atoms with Gasteiger partial charge in [-0.05, 0) is 25.0 Å². The van der Waals surface area contributed by atoms with Gasteiger partial charge in [0, 0.05) is 54.9 Å². The maximum atomic E-state index is 12.5. The smallest absolute Gasteiger partial charge is 0.267 e. The third-order valence-electron chi connectivity index (χ3n) is 6.12. The number of nitrogens with zero attached hydrogens (tertiary/aromatic N) is 5. The van der Waals surface area contributed by atoms with Gasteiger partial charge in [-0.1, -0.05) is 19.3 Å². The van der Waals surface area contributed by atoms with Crippen LogP contribution in [0.2, 0.25) is 0 Å². The molecule has 1 spiro atoms. The number of pyridine rings is 1. The number of hydrogen-bond acceptors (Lipinski definition) is 5. The minimum Gasteiger partial charge on any atom is -0.354 e. The summed E-state index contributed by atoms with van der Waals surface area (Å²) in [4.78, 5) is 31.1. The molecule has 29 heavy (non-hydrogen) atoms. The van der Waals surface area contributed by atoms with Crippen LogP contribution in [0.25, 0.3) is 5.65 Å². The summed E-state index contributed by atoms with van der Waals surface area (Å²) >= 11 is 0. The third-order valence-corrected chi connectivity index (χ3v) is 6.12. The van der Waals surface area contributed by atoms with Crippen LogP contribution in [0.1, 0.15) is 32.1 Å². The number of aromatic nitrogens is 4. The van der Waals surface area contributed by atoms with Gasteiger partial charge in [0.2, 0.25) is 5.91 Å². The van der Waals surface area contributed by atoms with Crippen molar-refractivity contribution in [2.75, 3.05) is 23.3 Å². The number of nitrogens with one attached hydrogen (secondary N) is 1. The maximum absolute atomic E-state index is 12.5. The molecule has 0 bridgehead atoms. The fourth-order valence-electron chi connectivity index (χ4n) is 4.59. The first-order valence-electron chi connectivity index (χ1n) is 10.2. The predicted molar refractivity (Wildman–Crippen MR) is 110 cm³/mol. The number of imidazole rings is 1. The van der Waals surface area contributed by atoms with Crippen LogP contribution < -0.4 is 15.8 Å². The van der Waals surface area contributed by atoms with E-state index in [-0.39, 0.29) is 18.0 Å². The van der Waals surface area contributed by atoms with Gasteiger partial charge in [-0.25, -0.2) is 9.67 Å². The van der Waals surface area contributed by atoms with E-state index in [0.717, 1.165) is 24.6 Å². The summed E-state index contributed by atoms with van der Waals surface area (Å²) in [5, 5.41) is 7.27. The second kappa shape index (κ2) is 7.02. The lowest BCUT2D eigenvalue weighted by Gasteiger charge is -2.53. The van der Waals surface area contributed by atoms with Crippen molar-refractivity contribution in [1.82, 2.24) is 19.2 Å². The molecule has 4 heterocycles. The van der Waals surface area contributed by atoms with Crippen molar-refractivity contribution >= 4 is 23.1 Å². The highest BCUT2D eigenvalue weighted by Gasteiger charge is 2.43. The molecule has 3 aromatic heterocycles. The van der Waals surface area contributed by atoms with Crippen LogP contribution in [-0.4, -0.2) is 38.2 Å². The zero-order valence-corrected chi connectivity index (χ0v) is 16.3. The summed E-state index contributed by atoms with van der Waals surface area (Å²) in [6.45, 7) is 1.87. The fraction of sp³-hybridized carbons (Fsp3) is 0.429. The zero-order chi connectivity index (χ0) is 19.8. The van der Waals surface area contributed by atoms with Crippen molar-refractivity contribution in [3.8, 4) is 0 Å². The number of hydrogen-bond donors (Lipinski definition) is 1. The monoisotopic (exact) mass is 392 g/mol. The summed E-state index contributed by atoms with van der Waals surface area (Å²) < 4.78 is 3.10. The van der Waals surface area contributed by atoms with E-state index in [1.807, 2.05) is 16.8 Å². The van der Waals surface area contributed by atoms with Gasteiger partial charge in [0.15, 0.2) is 0 Å². The molecule has 8 nitrogen and oxygen atoms in total. The van der Waals surface area contributed by atoms with E-state index < -0.39 is 0 Å². The molecular weight excluding hydrogens is 368 g/mol. The highest BCUT2D eigenvalue weighted by molar-refractivity contribution is 5.90. The number of fused-ring (bicyclic) bond motifs is 1. The Labute approximate surface area is 168 Å². The molecule has 1 saturated carbocycles. The van der Waals surface area contributed by atoms with Crippen molar-refractivity contribution in [2.24, 2.45) is 5.41 Å². The molecule has 0 radical (unpaired) electrons. The van der Waals surface area contributed by atoms with Gasteiger partial charge in [0.05, 0.1) is 0 Å². The van der Waals surface area contributed by atoms with Crippen LogP contribution in [-0.2, 0) is 11.3 Å².